The molecule has 0 unspecified atom stereocenters. The number of amides is 1. The Morgan fingerprint density at radius 2 is 2.05 bits per heavy atom. The van der Waals surface area contributed by atoms with Crippen molar-refractivity contribution >= 4 is 44.4 Å². The molecule has 0 aliphatic carbocycles. The summed E-state index contributed by atoms with van der Waals surface area (Å²) >= 11 is 5.59. The van der Waals surface area contributed by atoms with Gasteiger partial charge in [-0.05, 0) is 59.3 Å². The molecule has 0 spiro atoms. The van der Waals surface area contributed by atoms with Crippen LogP contribution >= 0.6 is 38.5 Å². The van der Waals surface area contributed by atoms with Crippen molar-refractivity contribution < 1.29 is 9.53 Å². The molecule has 1 N–H and O–H groups in total. The molecule has 0 heterocycles. The highest BCUT2D eigenvalue weighted by molar-refractivity contribution is 14.1. The third-order valence-corrected chi connectivity index (χ3v) is 4.81. The SMILES string of the molecule is Cc1cccc(C(=O)NCCOc2cccc(Br)c2)c1I. The monoisotopic (exact) mass is 459 g/mol. The van der Waals surface area contributed by atoms with Crippen LogP contribution in [0.15, 0.2) is 46.9 Å². The normalized spacial score (nSPS) is 10.2. The maximum Gasteiger partial charge on any atom is 0.252 e. The topological polar surface area (TPSA) is 38.3 Å². The van der Waals surface area contributed by atoms with Gasteiger partial charge in [-0.15, -0.1) is 0 Å². The largest absolute Gasteiger partial charge is 0.492 e. The molecule has 0 aliphatic rings. The minimum absolute atomic E-state index is 0.0686. The van der Waals surface area contributed by atoms with E-state index in [1.807, 2.05) is 49.4 Å². The minimum atomic E-state index is -0.0686. The maximum atomic E-state index is 12.1. The van der Waals surface area contributed by atoms with Gasteiger partial charge in [0.1, 0.15) is 12.4 Å². The first-order valence-electron chi connectivity index (χ1n) is 6.49. The molecule has 0 saturated heterocycles. The van der Waals surface area contributed by atoms with E-state index >= 15 is 0 Å². The number of hydrogen-bond acceptors (Lipinski definition) is 2. The Morgan fingerprint density at radius 3 is 2.81 bits per heavy atom. The number of halogens is 2. The number of benzene rings is 2. The van der Waals surface area contributed by atoms with E-state index in [9.17, 15) is 4.79 Å². The fourth-order valence-corrected chi connectivity index (χ4v) is 2.79. The second-order valence-electron chi connectivity index (χ2n) is 4.50. The Balaban J connectivity index is 1.83. The predicted octanol–water partition coefficient (Wildman–Crippen LogP) is 4.17. The van der Waals surface area contributed by atoms with Crippen LogP contribution in [0.5, 0.6) is 5.75 Å². The molecule has 0 aliphatic heterocycles. The van der Waals surface area contributed by atoms with Crippen LogP contribution in [-0.2, 0) is 0 Å². The van der Waals surface area contributed by atoms with Crippen LogP contribution in [-0.4, -0.2) is 19.1 Å². The number of nitrogens with one attached hydrogen (secondary N) is 1. The van der Waals surface area contributed by atoms with Crippen molar-refractivity contribution in [3.8, 4) is 5.75 Å². The maximum absolute atomic E-state index is 12.1. The van der Waals surface area contributed by atoms with Crippen molar-refractivity contribution in [2.45, 2.75) is 6.92 Å². The van der Waals surface area contributed by atoms with E-state index in [4.69, 9.17) is 4.74 Å². The number of rotatable bonds is 5. The number of aryl methyl sites for hydroxylation is 1. The van der Waals surface area contributed by atoms with Gasteiger partial charge in [-0.25, -0.2) is 0 Å². The number of carbonyl (C=O) groups excluding carboxylic acids is 1. The number of hydrogen-bond donors (Lipinski definition) is 1. The van der Waals surface area contributed by atoms with Crippen molar-refractivity contribution in [3.05, 3.63) is 61.6 Å². The fourth-order valence-electron chi connectivity index (χ4n) is 1.81. The summed E-state index contributed by atoms with van der Waals surface area (Å²) in [4.78, 5) is 12.1. The fraction of sp³-hybridized carbons (Fsp3) is 0.188. The Morgan fingerprint density at radius 1 is 1.29 bits per heavy atom. The summed E-state index contributed by atoms with van der Waals surface area (Å²) in [5.41, 5.74) is 1.81. The molecule has 0 saturated carbocycles. The summed E-state index contributed by atoms with van der Waals surface area (Å²) in [7, 11) is 0. The summed E-state index contributed by atoms with van der Waals surface area (Å²) in [6.07, 6.45) is 0. The van der Waals surface area contributed by atoms with Gasteiger partial charge in [0.2, 0.25) is 0 Å². The molecule has 2 rings (SSSR count). The molecule has 0 radical (unpaired) electrons. The van der Waals surface area contributed by atoms with Crippen LogP contribution < -0.4 is 10.1 Å². The summed E-state index contributed by atoms with van der Waals surface area (Å²) < 4.78 is 7.54. The van der Waals surface area contributed by atoms with Crippen LogP contribution in [0.4, 0.5) is 0 Å². The zero-order chi connectivity index (χ0) is 15.2. The quantitative estimate of drug-likeness (QED) is 0.538. The van der Waals surface area contributed by atoms with Crippen LogP contribution in [0.3, 0.4) is 0 Å². The molecule has 0 aromatic heterocycles. The predicted molar refractivity (Wildman–Crippen MR) is 95.9 cm³/mol. The molecular formula is C16H15BrINO2. The Kier molecular flexibility index (Phi) is 6.05. The average Bonchev–Trinajstić information content (AvgIpc) is 2.46. The third kappa shape index (κ3) is 4.71. The van der Waals surface area contributed by atoms with Gasteiger partial charge in [-0.3, -0.25) is 4.79 Å². The highest BCUT2D eigenvalue weighted by atomic mass is 127. The lowest BCUT2D eigenvalue weighted by Crippen LogP contribution is -2.28. The number of carbonyl (C=O) groups is 1. The van der Waals surface area contributed by atoms with E-state index in [0.29, 0.717) is 18.7 Å². The van der Waals surface area contributed by atoms with Gasteiger partial charge in [0.25, 0.3) is 5.91 Å². The van der Waals surface area contributed by atoms with Crippen molar-refractivity contribution in [3.63, 3.8) is 0 Å². The van der Waals surface area contributed by atoms with Gasteiger partial charge in [0.05, 0.1) is 12.1 Å². The standard InChI is InChI=1S/C16H15BrINO2/c1-11-4-2-7-14(15(11)18)16(20)19-8-9-21-13-6-3-5-12(17)10-13/h2-7,10H,8-9H2,1H3,(H,19,20). The highest BCUT2D eigenvalue weighted by Crippen LogP contribution is 2.18. The molecule has 0 bridgehead atoms. The number of ether oxygens (including phenoxy) is 1. The average molecular weight is 460 g/mol. The summed E-state index contributed by atoms with van der Waals surface area (Å²) in [5, 5.41) is 2.87. The highest BCUT2D eigenvalue weighted by Gasteiger charge is 2.10. The van der Waals surface area contributed by atoms with E-state index in [1.165, 1.54) is 0 Å². The Hall–Kier alpha value is -1.08. The van der Waals surface area contributed by atoms with Gasteiger partial charge >= 0.3 is 0 Å². The second-order valence-corrected chi connectivity index (χ2v) is 6.49. The first-order valence-corrected chi connectivity index (χ1v) is 8.37. The van der Waals surface area contributed by atoms with Gasteiger partial charge < -0.3 is 10.1 Å². The minimum Gasteiger partial charge on any atom is -0.492 e. The smallest absolute Gasteiger partial charge is 0.252 e. The molecule has 2 aromatic carbocycles. The lowest BCUT2D eigenvalue weighted by molar-refractivity contribution is 0.0946. The summed E-state index contributed by atoms with van der Waals surface area (Å²) in [6, 6.07) is 13.3. The second kappa shape index (κ2) is 7.79. The third-order valence-electron chi connectivity index (χ3n) is 2.89. The van der Waals surface area contributed by atoms with Crippen LogP contribution in [0.1, 0.15) is 15.9 Å². The van der Waals surface area contributed by atoms with E-state index in [2.05, 4.69) is 43.8 Å². The first kappa shape index (κ1) is 16.3. The molecule has 0 atom stereocenters. The van der Waals surface area contributed by atoms with Crippen LogP contribution in [0, 0.1) is 10.5 Å². The zero-order valence-electron chi connectivity index (χ0n) is 11.5. The molecule has 5 heteroatoms. The van der Waals surface area contributed by atoms with E-state index < -0.39 is 0 Å². The zero-order valence-corrected chi connectivity index (χ0v) is 15.3. The van der Waals surface area contributed by atoms with Crippen LogP contribution in [0.25, 0.3) is 0 Å². The molecule has 2 aromatic rings. The lowest BCUT2D eigenvalue weighted by atomic mass is 10.1. The van der Waals surface area contributed by atoms with Crippen LogP contribution in [0.2, 0.25) is 0 Å². The van der Waals surface area contributed by atoms with E-state index in [1.54, 1.807) is 0 Å². The molecule has 0 fully saturated rings. The van der Waals surface area contributed by atoms with Gasteiger partial charge in [0.15, 0.2) is 0 Å². The molecular weight excluding hydrogens is 445 g/mol. The molecule has 1 amide bonds. The van der Waals surface area contributed by atoms with Crippen molar-refractivity contribution in [2.75, 3.05) is 13.2 Å². The molecule has 3 nitrogen and oxygen atoms in total. The Bertz CT molecular complexity index is 646. The summed E-state index contributed by atoms with van der Waals surface area (Å²) in [6.45, 7) is 2.90. The molecule has 110 valence electrons. The van der Waals surface area contributed by atoms with Gasteiger partial charge in [-0.1, -0.05) is 34.1 Å². The van der Waals surface area contributed by atoms with Gasteiger partial charge in [0, 0.05) is 8.04 Å². The lowest BCUT2D eigenvalue weighted by Gasteiger charge is -2.10. The summed E-state index contributed by atoms with van der Waals surface area (Å²) in [5.74, 6) is 0.713. The van der Waals surface area contributed by atoms with Gasteiger partial charge in [-0.2, -0.15) is 0 Å². The van der Waals surface area contributed by atoms with Crippen molar-refractivity contribution in [2.24, 2.45) is 0 Å². The molecule has 21 heavy (non-hydrogen) atoms. The first-order chi connectivity index (χ1) is 10.1. The van der Waals surface area contributed by atoms with Crippen molar-refractivity contribution in [1.82, 2.24) is 5.32 Å². The van der Waals surface area contributed by atoms with E-state index in [0.717, 1.165) is 19.4 Å². The van der Waals surface area contributed by atoms with E-state index in [-0.39, 0.29) is 5.91 Å². The Labute approximate surface area is 146 Å². The van der Waals surface area contributed by atoms with Crippen molar-refractivity contribution in [1.29, 1.82) is 0 Å².